The smallest absolute Gasteiger partial charge is 0.308 e. The van der Waals surface area contributed by atoms with E-state index in [1.54, 1.807) is 6.07 Å². The third-order valence-electron chi connectivity index (χ3n) is 4.08. The Balaban J connectivity index is 2.01. The zero-order chi connectivity index (χ0) is 16.1. The van der Waals surface area contributed by atoms with E-state index in [9.17, 15) is 14.7 Å². The van der Waals surface area contributed by atoms with Gasteiger partial charge in [0.2, 0.25) is 0 Å². The number of carbonyl (C=O) groups excluding carboxylic acids is 1. The minimum atomic E-state index is -0.863. The van der Waals surface area contributed by atoms with Crippen LogP contribution in [0.15, 0.2) is 22.7 Å². The summed E-state index contributed by atoms with van der Waals surface area (Å²) in [7, 11) is 0. The Bertz CT molecular complexity index is 555. The third-order valence-corrected chi connectivity index (χ3v) is 4.57. The average molecular weight is 370 g/mol. The fraction of sp³-hybridized carbons (Fsp3) is 0.500. The SMILES string of the molecule is Cc1ccc(Br)cc1C(=O)NCC(C(=O)O)C1CCOCC1. The van der Waals surface area contributed by atoms with E-state index in [1.807, 2.05) is 19.1 Å². The zero-order valence-corrected chi connectivity index (χ0v) is 14.1. The second kappa shape index (κ2) is 7.74. The first-order valence-electron chi connectivity index (χ1n) is 7.34. The third kappa shape index (κ3) is 4.30. The number of hydrogen-bond donors (Lipinski definition) is 2. The number of nitrogens with one attached hydrogen (secondary N) is 1. The van der Waals surface area contributed by atoms with Crippen molar-refractivity contribution in [3.63, 3.8) is 0 Å². The van der Waals surface area contributed by atoms with Gasteiger partial charge in [-0.2, -0.15) is 0 Å². The fourth-order valence-electron chi connectivity index (χ4n) is 2.71. The average Bonchev–Trinajstić information content (AvgIpc) is 2.50. The predicted molar refractivity (Wildman–Crippen MR) is 85.9 cm³/mol. The van der Waals surface area contributed by atoms with Crippen molar-refractivity contribution in [1.82, 2.24) is 5.32 Å². The Morgan fingerprint density at radius 2 is 2.09 bits per heavy atom. The van der Waals surface area contributed by atoms with Crippen molar-refractivity contribution in [3.05, 3.63) is 33.8 Å². The normalized spacial score (nSPS) is 17.0. The summed E-state index contributed by atoms with van der Waals surface area (Å²) in [5, 5.41) is 12.2. The number of aliphatic carboxylic acids is 1. The van der Waals surface area contributed by atoms with E-state index >= 15 is 0 Å². The van der Waals surface area contributed by atoms with Crippen molar-refractivity contribution in [3.8, 4) is 0 Å². The number of carboxylic acid groups (broad SMARTS) is 1. The summed E-state index contributed by atoms with van der Waals surface area (Å²) in [5.74, 6) is -1.62. The number of amides is 1. The van der Waals surface area contributed by atoms with Gasteiger partial charge in [0.25, 0.3) is 5.91 Å². The van der Waals surface area contributed by atoms with Crippen molar-refractivity contribution in [2.75, 3.05) is 19.8 Å². The van der Waals surface area contributed by atoms with Gasteiger partial charge in [-0.1, -0.05) is 22.0 Å². The maximum Gasteiger partial charge on any atom is 0.308 e. The first-order chi connectivity index (χ1) is 10.5. The van der Waals surface area contributed by atoms with Crippen molar-refractivity contribution in [1.29, 1.82) is 0 Å². The van der Waals surface area contributed by atoms with E-state index in [2.05, 4.69) is 21.2 Å². The molecule has 0 saturated carbocycles. The van der Waals surface area contributed by atoms with Gasteiger partial charge >= 0.3 is 5.97 Å². The van der Waals surface area contributed by atoms with Crippen molar-refractivity contribution in [2.45, 2.75) is 19.8 Å². The summed E-state index contributed by atoms with van der Waals surface area (Å²) in [6.07, 6.45) is 1.45. The highest BCUT2D eigenvalue weighted by atomic mass is 79.9. The van der Waals surface area contributed by atoms with Crippen LogP contribution in [-0.2, 0) is 9.53 Å². The van der Waals surface area contributed by atoms with Crippen LogP contribution in [0.5, 0.6) is 0 Å². The van der Waals surface area contributed by atoms with Crippen LogP contribution in [0.3, 0.4) is 0 Å². The van der Waals surface area contributed by atoms with Gasteiger partial charge in [0.1, 0.15) is 0 Å². The maximum absolute atomic E-state index is 12.3. The summed E-state index contributed by atoms with van der Waals surface area (Å²) in [6, 6.07) is 5.47. The van der Waals surface area contributed by atoms with Crippen molar-refractivity contribution < 1.29 is 19.4 Å². The maximum atomic E-state index is 12.3. The highest BCUT2D eigenvalue weighted by Crippen LogP contribution is 2.24. The Hall–Kier alpha value is -1.40. The number of hydrogen-bond acceptors (Lipinski definition) is 3. The summed E-state index contributed by atoms with van der Waals surface area (Å²) in [4.78, 5) is 23.7. The number of benzene rings is 1. The molecular formula is C16H20BrNO4. The van der Waals surface area contributed by atoms with Gasteiger partial charge < -0.3 is 15.2 Å². The summed E-state index contributed by atoms with van der Waals surface area (Å²) in [6.45, 7) is 3.18. The van der Waals surface area contributed by atoms with E-state index in [0.717, 1.165) is 22.9 Å². The molecule has 0 aliphatic carbocycles. The molecule has 1 atom stereocenters. The molecular weight excluding hydrogens is 350 g/mol. The standard InChI is InChI=1S/C16H20BrNO4/c1-10-2-3-12(17)8-13(10)15(19)18-9-14(16(20)21)11-4-6-22-7-5-11/h2-3,8,11,14H,4-7,9H2,1H3,(H,18,19)(H,20,21). The number of rotatable bonds is 5. The van der Waals surface area contributed by atoms with E-state index < -0.39 is 11.9 Å². The van der Waals surface area contributed by atoms with E-state index in [4.69, 9.17) is 4.74 Å². The lowest BCUT2D eigenvalue weighted by Crippen LogP contribution is -2.39. The lowest BCUT2D eigenvalue weighted by Gasteiger charge is -2.27. The fourth-order valence-corrected chi connectivity index (χ4v) is 3.07. The molecule has 1 aromatic carbocycles. The van der Waals surface area contributed by atoms with Gasteiger partial charge in [-0.05, 0) is 43.4 Å². The van der Waals surface area contributed by atoms with E-state index in [0.29, 0.717) is 18.8 Å². The van der Waals surface area contributed by atoms with Gasteiger partial charge in [0.15, 0.2) is 0 Å². The first-order valence-corrected chi connectivity index (χ1v) is 8.13. The molecule has 1 amide bonds. The minimum absolute atomic E-state index is 0.0511. The van der Waals surface area contributed by atoms with Crippen molar-refractivity contribution >= 4 is 27.8 Å². The molecule has 0 spiro atoms. The molecule has 1 aromatic rings. The van der Waals surface area contributed by atoms with Crippen LogP contribution < -0.4 is 5.32 Å². The first kappa shape index (κ1) is 17.0. The Morgan fingerprint density at radius 3 is 2.73 bits per heavy atom. The van der Waals surface area contributed by atoms with Crippen LogP contribution in [0, 0.1) is 18.8 Å². The molecule has 2 rings (SSSR count). The summed E-state index contributed by atoms with van der Waals surface area (Å²) < 4.78 is 6.09. The number of ether oxygens (including phenoxy) is 1. The molecule has 1 fully saturated rings. The number of carbonyl (C=O) groups is 2. The second-order valence-electron chi connectivity index (χ2n) is 5.56. The van der Waals surface area contributed by atoms with Gasteiger partial charge in [-0.3, -0.25) is 9.59 Å². The molecule has 6 heteroatoms. The zero-order valence-electron chi connectivity index (χ0n) is 12.5. The molecule has 1 aliphatic heterocycles. The largest absolute Gasteiger partial charge is 0.481 e. The molecule has 0 aromatic heterocycles. The molecule has 2 N–H and O–H groups in total. The molecule has 0 radical (unpaired) electrons. The van der Waals surface area contributed by atoms with Gasteiger partial charge in [0, 0.05) is 29.8 Å². The number of carboxylic acids is 1. The lowest BCUT2D eigenvalue weighted by atomic mass is 9.86. The Morgan fingerprint density at radius 1 is 1.41 bits per heavy atom. The van der Waals surface area contributed by atoms with Crippen LogP contribution in [0.25, 0.3) is 0 Å². The van der Waals surface area contributed by atoms with Crippen LogP contribution in [-0.4, -0.2) is 36.7 Å². The molecule has 120 valence electrons. The van der Waals surface area contributed by atoms with Crippen LogP contribution in [0.4, 0.5) is 0 Å². The molecule has 1 heterocycles. The highest BCUT2D eigenvalue weighted by molar-refractivity contribution is 9.10. The predicted octanol–water partition coefficient (Wildman–Crippen LogP) is 2.61. The Kier molecular flexibility index (Phi) is 5.97. The molecule has 5 nitrogen and oxygen atoms in total. The van der Waals surface area contributed by atoms with Gasteiger partial charge in [-0.15, -0.1) is 0 Å². The van der Waals surface area contributed by atoms with Crippen molar-refractivity contribution in [2.24, 2.45) is 11.8 Å². The van der Waals surface area contributed by atoms with Gasteiger partial charge in [0.05, 0.1) is 5.92 Å². The number of aryl methyl sites for hydroxylation is 1. The van der Waals surface area contributed by atoms with Crippen LogP contribution in [0.1, 0.15) is 28.8 Å². The molecule has 22 heavy (non-hydrogen) atoms. The summed E-state index contributed by atoms with van der Waals surface area (Å²) >= 11 is 3.34. The topological polar surface area (TPSA) is 75.6 Å². The second-order valence-corrected chi connectivity index (χ2v) is 6.48. The number of halogens is 1. The molecule has 1 aliphatic rings. The quantitative estimate of drug-likeness (QED) is 0.836. The highest BCUT2D eigenvalue weighted by Gasteiger charge is 2.30. The minimum Gasteiger partial charge on any atom is -0.481 e. The van der Waals surface area contributed by atoms with Crippen LogP contribution >= 0.6 is 15.9 Å². The van der Waals surface area contributed by atoms with E-state index in [1.165, 1.54) is 0 Å². The van der Waals surface area contributed by atoms with Gasteiger partial charge in [-0.25, -0.2) is 0 Å². The lowest BCUT2D eigenvalue weighted by molar-refractivity contribution is -0.144. The molecule has 0 bridgehead atoms. The Labute approximate surface area is 138 Å². The molecule has 1 saturated heterocycles. The summed E-state index contributed by atoms with van der Waals surface area (Å²) in [5.41, 5.74) is 1.42. The monoisotopic (exact) mass is 369 g/mol. The van der Waals surface area contributed by atoms with E-state index in [-0.39, 0.29) is 18.4 Å². The molecule has 1 unspecified atom stereocenters. The van der Waals surface area contributed by atoms with Crippen LogP contribution in [0.2, 0.25) is 0 Å².